The molecule has 0 saturated carbocycles. The number of thiophene rings is 1. The van der Waals surface area contributed by atoms with Gasteiger partial charge in [0, 0.05) is 37.3 Å². The Bertz CT molecular complexity index is 703. The zero-order chi connectivity index (χ0) is 17.2. The first-order chi connectivity index (χ1) is 11.4. The fourth-order valence-electron chi connectivity index (χ4n) is 3.58. The van der Waals surface area contributed by atoms with E-state index in [4.69, 9.17) is 0 Å². The lowest BCUT2D eigenvalue weighted by Crippen LogP contribution is -2.57. The maximum absolute atomic E-state index is 12.6. The van der Waals surface area contributed by atoms with Crippen LogP contribution in [0, 0.1) is 0 Å². The summed E-state index contributed by atoms with van der Waals surface area (Å²) in [5.41, 5.74) is 1.38. The van der Waals surface area contributed by atoms with E-state index in [-0.39, 0.29) is 30.7 Å². The molecule has 0 radical (unpaired) electrons. The molecule has 1 fully saturated rings. The van der Waals surface area contributed by atoms with Crippen LogP contribution in [0.4, 0.5) is 0 Å². The molecule has 0 atom stereocenters. The molecular weight excluding hydrogens is 417 g/mol. The number of amides is 1. The molecule has 150 valence electrons. The molecule has 26 heavy (non-hydrogen) atoms. The van der Waals surface area contributed by atoms with Crippen LogP contribution in [0.2, 0.25) is 0 Å². The number of halogens is 2. The zero-order valence-electron chi connectivity index (χ0n) is 14.8. The van der Waals surface area contributed by atoms with Crippen LogP contribution in [-0.4, -0.2) is 63.0 Å². The number of hydrogen-bond donors (Lipinski definition) is 2. The first kappa shape index (κ1) is 23.7. The Morgan fingerprint density at radius 1 is 1.35 bits per heavy atom. The minimum Gasteiger partial charge on any atom is -0.353 e. The van der Waals surface area contributed by atoms with E-state index < -0.39 is 14.6 Å². The van der Waals surface area contributed by atoms with Crippen LogP contribution in [0.5, 0.6) is 0 Å². The predicted molar refractivity (Wildman–Crippen MR) is 110 cm³/mol. The number of hydrogen-bond acceptors (Lipinski definition) is 6. The Hall–Kier alpha value is -0.380. The highest BCUT2D eigenvalue weighted by molar-refractivity contribution is 7.92. The SMILES string of the molecule is CS(=O)(=O)C1(C(=O)NCCN2CCc3sccc3C2)CCNCC1.Cl.Cl. The topological polar surface area (TPSA) is 78.5 Å². The summed E-state index contributed by atoms with van der Waals surface area (Å²) < 4.78 is 23.2. The Morgan fingerprint density at radius 2 is 2.04 bits per heavy atom. The molecule has 1 aromatic heterocycles. The van der Waals surface area contributed by atoms with Gasteiger partial charge in [0.1, 0.15) is 0 Å². The van der Waals surface area contributed by atoms with Crippen molar-refractivity contribution < 1.29 is 13.2 Å². The van der Waals surface area contributed by atoms with E-state index in [1.54, 1.807) is 0 Å². The van der Waals surface area contributed by atoms with Crippen molar-refractivity contribution in [3.63, 3.8) is 0 Å². The van der Waals surface area contributed by atoms with E-state index in [1.807, 2.05) is 11.3 Å². The van der Waals surface area contributed by atoms with Crippen molar-refractivity contribution in [2.45, 2.75) is 30.6 Å². The van der Waals surface area contributed by atoms with Gasteiger partial charge < -0.3 is 10.6 Å². The summed E-state index contributed by atoms with van der Waals surface area (Å²) in [6.07, 6.45) is 2.93. The first-order valence-electron chi connectivity index (χ1n) is 8.39. The molecule has 10 heteroatoms. The number of carbonyl (C=O) groups excluding carboxylic acids is 1. The number of rotatable bonds is 5. The molecule has 0 aromatic carbocycles. The lowest BCUT2D eigenvalue weighted by Gasteiger charge is -2.34. The lowest BCUT2D eigenvalue weighted by atomic mass is 9.96. The van der Waals surface area contributed by atoms with Gasteiger partial charge in [-0.25, -0.2) is 8.42 Å². The van der Waals surface area contributed by atoms with Crippen LogP contribution in [0.3, 0.4) is 0 Å². The summed E-state index contributed by atoms with van der Waals surface area (Å²) in [6, 6.07) is 2.17. The van der Waals surface area contributed by atoms with Crippen molar-refractivity contribution in [3.05, 3.63) is 21.9 Å². The van der Waals surface area contributed by atoms with E-state index in [1.165, 1.54) is 16.7 Å². The summed E-state index contributed by atoms with van der Waals surface area (Å²) in [4.78, 5) is 16.4. The van der Waals surface area contributed by atoms with Crippen molar-refractivity contribution >= 4 is 51.9 Å². The molecule has 0 bridgehead atoms. The van der Waals surface area contributed by atoms with Crippen LogP contribution in [0.15, 0.2) is 11.4 Å². The number of nitrogens with zero attached hydrogens (tertiary/aromatic N) is 1. The third-order valence-corrected chi connectivity index (χ3v) is 8.17. The van der Waals surface area contributed by atoms with Crippen molar-refractivity contribution in [1.82, 2.24) is 15.5 Å². The average Bonchev–Trinajstić information content (AvgIpc) is 3.02. The monoisotopic (exact) mass is 443 g/mol. The Morgan fingerprint density at radius 3 is 2.69 bits per heavy atom. The van der Waals surface area contributed by atoms with Gasteiger partial charge in [0.2, 0.25) is 5.91 Å². The second kappa shape index (κ2) is 9.71. The average molecular weight is 444 g/mol. The van der Waals surface area contributed by atoms with Gasteiger partial charge in [-0.15, -0.1) is 36.2 Å². The molecule has 0 spiro atoms. The molecule has 2 aliphatic heterocycles. The van der Waals surface area contributed by atoms with Crippen molar-refractivity contribution in [2.24, 2.45) is 0 Å². The third-order valence-electron chi connectivity index (χ3n) is 5.14. The minimum absolute atomic E-state index is 0. The van der Waals surface area contributed by atoms with E-state index in [0.717, 1.165) is 26.1 Å². The lowest BCUT2D eigenvalue weighted by molar-refractivity contribution is -0.124. The highest BCUT2D eigenvalue weighted by Gasteiger charge is 2.48. The number of piperidine rings is 1. The standard InChI is InChI=1S/C16H25N3O3S2.2ClH/c1-24(21,22)16(4-6-17-7-5-16)15(20)18-8-10-19-9-2-14-13(12-19)3-11-23-14;;/h3,11,17H,2,4-10,12H2,1H3,(H,18,20);2*1H. The van der Waals surface area contributed by atoms with E-state index in [0.29, 0.717) is 32.5 Å². The van der Waals surface area contributed by atoms with Gasteiger partial charge >= 0.3 is 0 Å². The molecule has 2 N–H and O–H groups in total. The highest BCUT2D eigenvalue weighted by Crippen LogP contribution is 2.28. The molecule has 3 rings (SSSR count). The van der Waals surface area contributed by atoms with Gasteiger partial charge in [-0.05, 0) is 49.4 Å². The Labute approximate surface area is 171 Å². The quantitative estimate of drug-likeness (QED) is 0.715. The first-order valence-corrected chi connectivity index (χ1v) is 11.2. The Balaban J connectivity index is 0.00000169. The molecule has 1 saturated heterocycles. The number of sulfone groups is 1. The van der Waals surface area contributed by atoms with Gasteiger partial charge in [0.05, 0.1) is 0 Å². The maximum Gasteiger partial charge on any atom is 0.241 e. The summed E-state index contributed by atoms with van der Waals surface area (Å²) in [5.74, 6) is -0.334. The second-order valence-electron chi connectivity index (χ2n) is 6.67. The molecule has 3 heterocycles. The summed E-state index contributed by atoms with van der Waals surface area (Å²) >= 11 is 1.81. The fourth-order valence-corrected chi connectivity index (χ4v) is 5.83. The minimum atomic E-state index is -3.44. The predicted octanol–water partition coefficient (Wildman–Crippen LogP) is 1.23. The van der Waals surface area contributed by atoms with Gasteiger partial charge in [0.25, 0.3) is 0 Å². The van der Waals surface area contributed by atoms with Crippen LogP contribution in [0.25, 0.3) is 0 Å². The van der Waals surface area contributed by atoms with Gasteiger partial charge in [-0.2, -0.15) is 0 Å². The number of nitrogens with one attached hydrogen (secondary N) is 2. The van der Waals surface area contributed by atoms with Crippen molar-refractivity contribution in [3.8, 4) is 0 Å². The normalized spacial score (nSPS) is 19.6. The molecule has 1 aromatic rings. The maximum atomic E-state index is 12.6. The van der Waals surface area contributed by atoms with Crippen molar-refractivity contribution in [1.29, 1.82) is 0 Å². The fraction of sp³-hybridized carbons (Fsp3) is 0.688. The van der Waals surface area contributed by atoms with E-state index >= 15 is 0 Å². The highest BCUT2D eigenvalue weighted by atomic mass is 35.5. The van der Waals surface area contributed by atoms with E-state index in [9.17, 15) is 13.2 Å². The summed E-state index contributed by atoms with van der Waals surface area (Å²) in [7, 11) is -3.44. The summed E-state index contributed by atoms with van der Waals surface area (Å²) in [6.45, 7) is 4.27. The van der Waals surface area contributed by atoms with Crippen LogP contribution >= 0.6 is 36.2 Å². The molecule has 0 aliphatic carbocycles. The molecular formula is C16H27Cl2N3O3S2. The second-order valence-corrected chi connectivity index (χ2v) is 9.99. The van der Waals surface area contributed by atoms with E-state index in [2.05, 4.69) is 27.0 Å². The van der Waals surface area contributed by atoms with Crippen LogP contribution in [-0.2, 0) is 27.6 Å². The van der Waals surface area contributed by atoms with Crippen LogP contribution in [0.1, 0.15) is 23.3 Å². The van der Waals surface area contributed by atoms with Crippen molar-refractivity contribution in [2.75, 3.05) is 39.0 Å². The molecule has 2 aliphatic rings. The molecule has 6 nitrogen and oxygen atoms in total. The molecule has 1 amide bonds. The van der Waals surface area contributed by atoms with Gasteiger partial charge in [0.15, 0.2) is 14.6 Å². The van der Waals surface area contributed by atoms with Gasteiger partial charge in [-0.1, -0.05) is 0 Å². The largest absolute Gasteiger partial charge is 0.353 e. The third kappa shape index (κ3) is 4.91. The summed E-state index contributed by atoms with van der Waals surface area (Å²) in [5, 5.41) is 8.14. The smallest absolute Gasteiger partial charge is 0.241 e. The number of fused-ring (bicyclic) bond motifs is 1. The van der Waals surface area contributed by atoms with Gasteiger partial charge in [-0.3, -0.25) is 9.69 Å². The Kier molecular flexibility index (Phi) is 8.83. The zero-order valence-corrected chi connectivity index (χ0v) is 18.1. The molecule has 0 unspecified atom stereocenters. The number of carbonyl (C=O) groups is 1. The van der Waals surface area contributed by atoms with Crippen LogP contribution < -0.4 is 10.6 Å².